The Morgan fingerprint density at radius 1 is 0.900 bits per heavy atom. The first-order valence-corrected chi connectivity index (χ1v) is 6.52. The molecule has 0 aromatic carbocycles. The van der Waals surface area contributed by atoms with Crippen molar-refractivity contribution >= 4 is 7.92 Å². The lowest BCUT2D eigenvalue weighted by Gasteiger charge is -2.41. The second kappa shape index (κ2) is 2.81. The lowest BCUT2D eigenvalue weighted by atomic mass is 9.99. The molecule has 2 fully saturated rings. The summed E-state index contributed by atoms with van der Waals surface area (Å²) in [7, 11) is 0.470. The number of hydrogen-bond acceptors (Lipinski definition) is 0. The second-order valence-electron chi connectivity index (χ2n) is 3.83. The molecule has 2 saturated heterocycles. The Morgan fingerprint density at radius 3 is 1.60 bits per heavy atom. The summed E-state index contributed by atoms with van der Waals surface area (Å²) in [6, 6.07) is 0. The minimum atomic E-state index is 0.470. The zero-order valence-corrected chi connectivity index (χ0v) is 7.74. The molecule has 2 rings (SSSR count). The van der Waals surface area contributed by atoms with Crippen molar-refractivity contribution < 1.29 is 0 Å². The molecule has 0 nitrogen and oxygen atoms in total. The molecular weight excluding hydrogens is 139 g/mol. The Hall–Kier alpha value is 0.430. The lowest BCUT2D eigenvalue weighted by Crippen LogP contribution is -2.25. The van der Waals surface area contributed by atoms with Crippen LogP contribution >= 0.6 is 7.92 Å². The van der Waals surface area contributed by atoms with E-state index < -0.39 is 0 Å². The molecule has 1 heteroatoms. The maximum Gasteiger partial charge on any atom is -0.0209 e. The maximum atomic E-state index is 2.54. The van der Waals surface area contributed by atoms with Gasteiger partial charge in [0.1, 0.15) is 0 Å². The number of rotatable bonds is 0. The molecule has 0 atom stereocenters. The van der Waals surface area contributed by atoms with Crippen LogP contribution in [0.25, 0.3) is 0 Å². The predicted molar refractivity (Wildman–Crippen MR) is 48.1 cm³/mol. The first kappa shape index (κ1) is 7.10. The zero-order chi connectivity index (χ0) is 6.97. The van der Waals surface area contributed by atoms with Crippen molar-refractivity contribution in [2.24, 2.45) is 0 Å². The second-order valence-corrected chi connectivity index (χ2v) is 6.63. The largest absolute Gasteiger partial charge is 0.104 e. The van der Waals surface area contributed by atoms with Gasteiger partial charge in [0.2, 0.25) is 0 Å². The minimum Gasteiger partial charge on any atom is -0.104 e. The van der Waals surface area contributed by atoms with Crippen LogP contribution in [0.4, 0.5) is 0 Å². The summed E-state index contributed by atoms with van der Waals surface area (Å²) in [5, 5.41) is 0. The predicted octanol–water partition coefficient (Wildman–Crippen LogP) is 3.20. The average molecular weight is 156 g/mol. The van der Waals surface area contributed by atoms with Crippen molar-refractivity contribution in [2.75, 3.05) is 6.66 Å². The van der Waals surface area contributed by atoms with Gasteiger partial charge >= 0.3 is 0 Å². The van der Waals surface area contributed by atoms with E-state index in [0.717, 1.165) is 0 Å². The summed E-state index contributed by atoms with van der Waals surface area (Å²) in [4.78, 5) is 0. The third-order valence-electron chi connectivity index (χ3n) is 3.30. The highest BCUT2D eigenvalue weighted by Crippen LogP contribution is 2.56. The maximum absolute atomic E-state index is 2.54. The highest BCUT2D eigenvalue weighted by atomic mass is 31.1. The summed E-state index contributed by atoms with van der Waals surface area (Å²) in [5.41, 5.74) is 2.37. The molecule has 2 aliphatic rings. The Morgan fingerprint density at radius 2 is 1.30 bits per heavy atom. The summed E-state index contributed by atoms with van der Waals surface area (Å²) in [6.45, 7) is 2.54. The van der Waals surface area contributed by atoms with Gasteiger partial charge in [0.15, 0.2) is 0 Å². The highest BCUT2D eigenvalue weighted by Gasteiger charge is 2.32. The van der Waals surface area contributed by atoms with Crippen molar-refractivity contribution in [3.63, 3.8) is 0 Å². The van der Waals surface area contributed by atoms with Gasteiger partial charge in [-0.25, -0.2) is 0 Å². The monoisotopic (exact) mass is 156 g/mol. The Bertz CT molecular complexity index is 99.9. The molecule has 0 amide bonds. The molecule has 0 aromatic rings. The summed E-state index contributed by atoms with van der Waals surface area (Å²) < 4.78 is 0. The van der Waals surface area contributed by atoms with Crippen LogP contribution in [0, 0.1) is 0 Å². The lowest BCUT2D eigenvalue weighted by molar-refractivity contribution is 0.477. The first-order chi connectivity index (χ1) is 4.88. The van der Waals surface area contributed by atoms with E-state index in [9.17, 15) is 0 Å². The van der Waals surface area contributed by atoms with Crippen molar-refractivity contribution in [3.05, 3.63) is 0 Å². The molecular formula is C9H17P. The van der Waals surface area contributed by atoms with E-state index in [4.69, 9.17) is 0 Å². The van der Waals surface area contributed by atoms with Crippen LogP contribution < -0.4 is 0 Å². The van der Waals surface area contributed by atoms with Gasteiger partial charge < -0.3 is 0 Å². The number of fused-ring (bicyclic) bond motifs is 2. The van der Waals surface area contributed by atoms with Crippen LogP contribution in [-0.2, 0) is 0 Å². The van der Waals surface area contributed by atoms with E-state index in [-0.39, 0.29) is 0 Å². The molecule has 0 aliphatic carbocycles. The van der Waals surface area contributed by atoms with E-state index in [0.29, 0.717) is 7.92 Å². The zero-order valence-electron chi connectivity index (χ0n) is 6.84. The molecule has 0 N–H and O–H groups in total. The van der Waals surface area contributed by atoms with Gasteiger partial charge in [-0.15, -0.1) is 7.92 Å². The van der Waals surface area contributed by atoms with Gasteiger partial charge in [-0.05, 0) is 43.7 Å². The van der Waals surface area contributed by atoms with Gasteiger partial charge in [0, 0.05) is 0 Å². The van der Waals surface area contributed by atoms with E-state index in [2.05, 4.69) is 6.66 Å². The van der Waals surface area contributed by atoms with Crippen molar-refractivity contribution in [3.8, 4) is 0 Å². The van der Waals surface area contributed by atoms with Crippen molar-refractivity contribution in [1.29, 1.82) is 0 Å². The molecule has 0 aromatic heterocycles. The van der Waals surface area contributed by atoms with Gasteiger partial charge in [-0.2, -0.15) is 0 Å². The minimum absolute atomic E-state index is 0.470. The van der Waals surface area contributed by atoms with Gasteiger partial charge in [-0.1, -0.05) is 12.8 Å². The van der Waals surface area contributed by atoms with Gasteiger partial charge in [-0.3, -0.25) is 0 Å². The Labute approximate surface area is 65.1 Å². The van der Waals surface area contributed by atoms with E-state index in [1.165, 1.54) is 11.3 Å². The van der Waals surface area contributed by atoms with Gasteiger partial charge in [0.05, 0.1) is 0 Å². The molecule has 10 heavy (non-hydrogen) atoms. The molecule has 2 bridgehead atoms. The highest BCUT2D eigenvalue weighted by molar-refractivity contribution is 7.58. The third kappa shape index (κ3) is 1.11. The standard InChI is InChI=1S/C9H17P/c1-10-8-4-2-5-9(10)7-3-6-8/h8-9H,2-7H2,1H3. The fourth-order valence-corrected chi connectivity index (χ4v) is 5.54. The average Bonchev–Trinajstić information content (AvgIpc) is 1.86. The Balaban J connectivity index is 2.05. The quantitative estimate of drug-likeness (QED) is 0.472. The van der Waals surface area contributed by atoms with E-state index >= 15 is 0 Å². The van der Waals surface area contributed by atoms with Crippen LogP contribution in [0.2, 0.25) is 0 Å². The van der Waals surface area contributed by atoms with Crippen molar-refractivity contribution in [2.45, 2.75) is 49.8 Å². The molecule has 2 heterocycles. The van der Waals surface area contributed by atoms with Crippen LogP contribution in [0.15, 0.2) is 0 Å². The molecule has 0 unspecified atom stereocenters. The van der Waals surface area contributed by atoms with Crippen LogP contribution in [0.1, 0.15) is 38.5 Å². The normalized spacial score (nSPS) is 47.1. The third-order valence-corrected chi connectivity index (χ3v) is 6.64. The molecule has 58 valence electrons. The topological polar surface area (TPSA) is 0 Å². The molecule has 0 spiro atoms. The van der Waals surface area contributed by atoms with Crippen LogP contribution in [0.3, 0.4) is 0 Å². The summed E-state index contributed by atoms with van der Waals surface area (Å²) in [6.07, 6.45) is 9.36. The van der Waals surface area contributed by atoms with Crippen LogP contribution in [-0.4, -0.2) is 18.0 Å². The fraction of sp³-hybridized carbons (Fsp3) is 1.00. The van der Waals surface area contributed by atoms with E-state index in [1.807, 2.05) is 0 Å². The summed E-state index contributed by atoms with van der Waals surface area (Å²) >= 11 is 0. The molecule has 2 aliphatic heterocycles. The Kier molecular flexibility index (Phi) is 2.00. The smallest absolute Gasteiger partial charge is 0.0209 e. The van der Waals surface area contributed by atoms with E-state index in [1.54, 1.807) is 38.5 Å². The molecule has 0 saturated carbocycles. The SMILES string of the molecule is CP1C2CCCC1CCC2. The first-order valence-electron chi connectivity index (χ1n) is 4.60. The van der Waals surface area contributed by atoms with Crippen molar-refractivity contribution in [1.82, 2.24) is 0 Å². The fourth-order valence-electron chi connectivity index (χ4n) is 2.58. The summed E-state index contributed by atoms with van der Waals surface area (Å²) in [5.74, 6) is 0. The molecule has 0 radical (unpaired) electrons. The number of hydrogen-bond donors (Lipinski definition) is 0. The van der Waals surface area contributed by atoms with Gasteiger partial charge in [0.25, 0.3) is 0 Å². The van der Waals surface area contributed by atoms with Crippen LogP contribution in [0.5, 0.6) is 0 Å².